The van der Waals surface area contributed by atoms with E-state index in [9.17, 15) is 9.59 Å². The van der Waals surface area contributed by atoms with E-state index in [0.29, 0.717) is 36.8 Å². The third kappa shape index (κ3) is 5.18. The summed E-state index contributed by atoms with van der Waals surface area (Å²) in [5, 5.41) is 12.0. The minimum absolute atomic E-state index is 0.0731. The van der Waals surface area contributed by atoms with Crippen LogP contribution >= 0.6 is 0 Å². The van der Waals surface area contributed by atoms with E-state index in [2.05, 4.69) is 40.6 Å². The van der Waals surface area contributed by atoms with E-state index in [4.69, 9.17) is 5.26 Å². The Kier molecular flexibility index (Phi) is 6.95. The van der Waals surface area contributed by atoms with Gasteiger partial charge in [0.05, 0.1) is 11.6 Å². The van der Waals surface area contributed by atoms with Gasteiger partial charge in [-0.2, -0.15) is 5.26 Å². The first-order chi connectivity index (χ1) is 16.0. The van der Waals surface area contributed by atoms with E-state index in [1.165, 1.54) is 11.1 Å². The minimum Gasteiger partial charge on any atom is -0.349 e. The molecule has 7 heteroatoms. The Morgan fingerprint density at radius 3 is 2.58 bits per heavy atom. The van der Waals surface area contributed by atoms with Crippen molar-refractivity contribution in [2.75, 3.05) is 39.0 Å². The van der Waals surface area contributed by atoms with Crippen LogP contribution in [0.25, 0.3) is 0 Å². The molecule has 0 aliphatic carbocycles. The van der Waals surface area contributed by atoms with Crippen molar-refractivity contribution < 1.29 is 9.59 Å². The number of nitrogens with zero attached hydrogens (tertiary/aromatic N) is 4. The van der Waals surface area contributed by atoms with E-state index in [1.807, 2.05) is 19.0 Å². The second kappa shape index (κ2) is 10.1. The molecular formula is C26H31N5O2. The number of amides is 3. The molecule has 0 spiro atoms. The highest BCUT2D eigenvalue weighted by Crippen LogP contribution is 2.36. The van der Waals surface area contributed by atoms with E-state index >= 15 is 0 Å². The molecule has 33 heavy (non-hydrogen) atoms. The topological polar surface area (TPSA) is 79.7 Å². The number of carbonyl (C=O) groups is 2. The zero-order valence-corrected chi connectivity index (χ0v) is 19.3. The predicted molar refractivity (Wildman–Crippen MR) is 128 cm³/mol. The van der Waals surface area contributed by atoms with Crippen molar-refractivity contribution in [2.45, 2.75) is 37.8 Å². The molecule has 2 aromatic rings. The molecule has 2 aliphatic heterocycles. The standard InChI is InChI=1S/C26H31N5O2/c1-29(2)25(32)17-24-23-9-4-3-7-20(23)10-15-31(24)22-11-13-30(14-12-22)26(33)28-21-8-5-6-19(16-21)18-27/h3-9,16,22,24H,10-15,17H2,1-2H3,(H,28,33). The summed E-state index contributed by atoms with van der Waals surface area (Å²) < 4.78 is 0. The maximum Gasteiger partial charge on any atom is 0.321 e. The molecule has 172 valence electrons. The SMILES string of the molecule is CN(C)C(=O)CC1c2ccccc2CCN1C1CCN(C(=O)Nc2cccc(C#N)c2)CC1. The minimum atomic E-state index is -0.133. The summed E-state index contributed by atoms with van der Waals surface area (Å²) in [6.45, 7) is 2.27. The number of anilines is 1. The summed E-state index contributed by atoms with van der Waals surface area (Å²) in [6.07, 6.45) is 3.21. The highest BCUT2D eigenvalue weighted by atomic mass is 16.2. The fraction of sp³-hybridized carbons (Fsp3) is 0.423. The Bertz CT molecular complexity index is 1050. The summed E-state index contributed by atoms with van der Waals surface area (Å²) in [7, 11) is 3.62. The Balaban J connectivity index is 1.42. The fourth-order valence-corrected chi connectivity index (χ4v) is 4.95. The monoisotopic (exact) mass is 445 g/mol. The Hall–Kier alpha value is -3.37. The molecule has 0 radical (unpaired) electrons. The first-order valence-electron chi connectivity index (χ1n) is 11.6. The van der Waals surface area contributed by atoms with Crippen molar-refractivity contribution in [3.63, 3.8) is 0 Å². The number of benzene rings is 2. The number of nitrogens with one attached hydrogen (secondary N) is 1. The number of hydrogen-bond donors (Lipinski definition) is 1. The molecule has 4 rings (SSSR count). The average Bonchev–Trinajstić information content (AvgIpc) is 2.84. The van der Waals surface area contributed by atoms with Crippen LogP contribution in [-0.4, -0.2) is 66.4 Å². The molecule has 7 nitrogen and oxygen atoms in total. The number of urea groups is 1. The van der Waals surface area contributed by atoms with E-state index in [1.54, 1.807) is 29.2 Å². The smallest absolute Gasteiger partial charge is 0.321 e. The van der Waals surface area contributed by atoms with Crippen LogP contribution in [0.1, 0.15) is 42.0 Å². The number of hydrogen-bond acceptors (Lipinski definition) is 4. The average molecular weight is 446 g/mol. The molecule has 1 fully saturated rings. The molecule has 2 aliphatic rings. The van der Waals surface area contributed by atoms with Gasteiger partial charge in [-0.25, -0.2) is 4.79 Å². The molecule has 0 saturated carbocycles. The molecule has 0 aromatic heterocycles. The lowest BCUT2D eigenvalue weighted by molar-refractivity contribution is -0.130. The summed E-state index contributed by atoms with van der Waals surface area (Å²) in [5.74, 6) is 0.137. The number of piperidine rings is 1. The quantitative estimate of drug-likeness (QED) is 0.779. The Morgan fingerprint density at radius 1 is 1.09 bits per heavy atom. The first-order valence-corrected chi connectivity index (χ1v) is 11.6. The lowest BCUT2D eigenvalue weighted by Crippen LogP contribution is -2.51. The highest BCUT2D eigenvalue weighted by molar-refractivity contribution is 5.89. The van der Waals surface area contributed by atoms with Crippen LogP contribution < -0.4 is 5.32 Å². The maximum atomic E-state index is 12.8. The fourth-order valence-electron chi connectivity index (χ4n) is 4.95. The molecule has 1 unspecified atom stereocenters. The van der Waals surface area contributed by atoms with Gasteiger partial charge < -0.3 is 15.1 Å². The molecule has 1 saturated heterocycles. The second-order valence-corrected chi connectivity index (χ2v) is 9.04. The summed E-state index contributed by atoms with van der Waals surface area (Å²) in [6, 6.07) is 17.8. The zero-order valence-electron chi connectivity index (χ0n) is 19.3. The van der Waals surface area contributed by atoms with E-state index in [-0.39, 0.29) is 18.0 Å². The lowest BCUT2D eigenvalue weighted by Gasteiger charge is -2.45. The van der Waals surface area contributed by atoms with Gasteiger partial charge in [0.15, 0.2) is 0 Å². The van der Waals surface area contributed by atoms with Gasteiger partial charge in [-0.1, -0.05) is 30.3 Å². The highest BCUT2D eigenvalue weighted by Gasteiger charge is 2.36. The van der Waals surface area contributed by atoms with Crippen LogP contribution in [0.15, 0.2) is 48.5 Å². The number of likely N-dealkylation sites (tertiary alicyclic amines) is 1. The number of nitriles is 1. The van der Waals surface area contributed by atoms with Gasteiger partial charge in [-0.05, 0) is 48.6 Å². The van der Waals surface area contributed by atoms with Crippen molar-refractivity contribution in [1.29, 1.82) is 5.26 Å². The van der Waals surface area contributed by atoms with Gasteiger partial charge >= 0.3 is 6.03 Å². The van der Waals surface area contributed by atoms with E-state index in [0.717, 1.165) is 25.8 Å². The normalized spacial score (nSPS) is 18.8. The Labute approximate surface area is 195 Å². The number of rotatable bonds is 4. The van der Waals surface area contributed by atoms with Crippen LogP contribution in [0.3, 0.4) is 0 Å². The third-order valence-electron chi connectivity index (χ3n) is 6.78. The van der Waals surface area contributed by atoms with Crippen LogP contribution in [0.4, 0.5) is 10.5 Å². The van der Waals surface area contributed by atoms with E-state index < -0.39 is 0 Å². The maximum absolute atomic E-state index is 12.8. The summed E-state index contributed by atoms with van der Waals surface area (Å²) >= 11 is 0. The van der Waals surface area contributed by atoms with Gasteiger partial charge in [0.25, 0.3) is 0 Å². The van der Waals surface area contributed by atoms with Crippen molar-refractivity contribution >= 4 is 17.6 Å². The lowest BCUT2D eigenvalue weighted by atomic mass is 9.87. The third-order valence-corrected chi connectivity index (χ3v) is 6.78. The van der Waals surface area contributed by atoms with Gasteiger partial charge in [0, 0.05) is 57.9 Å². The Morgan fingerprint density at radius 2 is 1.85 bits per heavy atom. The van der Waals surface area contributed by atoms with Crippen molar-refractivity contribution in [2.24, 2.45) is 0 Å². The van der Waals surface area contributed by atoms with Gasteiger partial charge in [0.2, 0.25) is 5.91 Å². The predicted octanol–water partition coefficient (Wildman–Crippen LogP) is 3.63. The number of fused-ring (bicyclic) bond motifs is 1. The molecule has 0 bridgehead atoms. The van der Waals surface area contributed by atoms with Crippen LogP contribution in [0.2, 0.25) is 0 Å². The van der Waals surface area contributed by atoms with Crippen molar-refractivity contribution in [1.82, 2.24) is 14.7 Å². The molecule has 2 aromatic carbocycles. The van der Waals surface area contributed by atoms with Crippen LogP contribution in [-0.2, 0) is 11.2 Å². The second-order valence-electron chi connectivity index (χ2n) is 9.04. The van der Waals surface area contributed by atoms with Gasteiger partial charge in [-0.3, -0.25) is 9.69 Å². The van der Waals surface area contributed by atoms with Crippen molar-refractivity contribution in [3.8, 4) is 6.07 Å². The molecule has 1 N–H and O–H groups in total. The van der Waals surface area contributed by atoms with Gasteiger partial charge in [0.1, 0.15) is 0 Å². The molecular weight excluding hydrogens is 414 g/mol. The molecule has 2 heterocycles. The largest absolute Gasteiger partial charge is 0.349 e. The first kappa shape index (κ1) is 22.8. The summed E-state index contributed by atoms with van der Waals surface area (Å²) in [5.41, 5.74) is 3.75. The zero-order chi connectivity index (χ0) is 23.4. The summed E-state index contributed by atoms with van der Waals surface area (Å²) in [4.78, 5) is 31.4. The molecule has 3 amide bonds. The van der Waals surface area contributed by atoms with Crippen LogP contribution in [0.5, 0.6) is 0 Å². The molecule has 1 atom stereocenters. The number of carbonyl (C=O) groups excluding carboxylic acids is 2. The van der Waals surface area contributed by atoms with Crippen LogP contribution in [0, 0.1) is 11.3 Å². The van der Waals surface area contributed by atoms with Gasteiger partial charge in [-0.15, -0.1) is 0 Å². The van der Waals surface area contributed by atoms with Crippen molar-refractivity contribution in [3.05, 3.63) is 65.2 Å².